The lowest BCUT2D eigenvalue weighted by Crippen LogP contribution is -2.31. The molecule has 0 bridgehead atoms. The van der Waals surface area contributed by atoms with E-state index in [1.165, 1.54) is 5.56 Å². The Hall–Kier alpha value is -0.860. The van der Waals surface area contributed by atoms with Crippen LogP contribution >= 0.6 is 0 Å². The number of benzene rings is 1. The Kier molecular flexibility index (Phi) is 5.66. The van der Waals surface area contributed by atoms with E-state index in [4.69, 9.17) is 0 Å². The van der Waals surface area contributed by atoms with Crippen LogP contribution in [0.1, 0.15) is 38.0 Å². The first kappa shape index (κ1) is 14.2. The molecule has 0 radical (unpaired) electrons. The van der Waals surface area contributed by atoms with Gasteiger partial charge in [0.25, 0.3) is 0 Å². The summed E-state index contributed by atoms with van der Waals surface area (Å²) >= 11 is 0. The van der Waals surface area contributed by atoms with E-state index in [1.54, 1.807) is 0 Å². The van der Waals surface area contributed by atoms with Crippen LogP contribution in [-0.4, -0.2) is 29.6 Å². The van der Waals surface area contributed by atoms with Crippen molar-refractivity contribution in [3.63, 3.8) is 0 Å². The molecule has 1 N–H and O–H groups in total. The van der Waals surface area contributed by atoms with Crippen LogP contribution in [0.15, 0.2) is 24.3 Å². The van der Waals surface area contributed by atoms with Crippen molar-refractivity contribution in [2.45, 2.75) is 33.8 Å². The summed E-state index contributed by atoms with van der Waals surface area (Å²) in [7, 11) is 0. The highest BCUT2D eigenvalue weighted by molar-refractivity contribution is 5.23. The van der Waals surface area contributed by atoms with Crippen molar-refractivity contribution >= 4 is 0 Å². The lowest BCUT2D eigenvalue weighted by molar-refractivity contribution is 0.109. The van der Waals surface area contributed by atoms with Gasteiger partial charge in [0.2, 0.25) is 0 Å². The predicted molar refractivity (Wildman–Crippen MR) is 73.1 cm³/mol. The van der Waals surface area contributed by atoms with Crippen molar-refractivity contribution in [3.8, 4) is 0 Å². The molecule has 0 spiro atoms. The normalized spacial score (nSPS) is 13.4. The molecule has 1 rings (SSSR count). The second-order valence-corrected chi connectivity index (χ2v) is 5.17. The molecule has 0 amide bonds. The zero-order valence-corrected chi connectivity index (χ0v) is 11.5. The van der Waals surface area contributed by atoms with Crippen molar-refractivity contribution in [1.82, 2.24) is 4.90 Å². The zero-order valence-electron chi connectivity index (χ0n) is 11.5. The van der Waals surface area contributed by atoms with E-state index in [0.29, 0.717) is 5.92 Å². The van der Waals surface area contributed by atoms with E-state index in [2.05, 4.69) is 44.7 Å². The van der Waals surface area contributed by atoms with Crippen LogP contribution in [0, 0.1) is 12.8 Å². The van der Waals surface area contributed by atoms with Gasteiger partial charge in [-0.15, -0.1) is 0 Å². The molecule has 0 aliphatic heterocycles. The van der Waals surface area contributed by atoms with Gasteiger partial charge in [-0.1, -0.05) is 50.6 Å². The van der Waals surface area contributed by atoms with E-state index in [0.717, 1.165) is 25.2 Å². The summed E-state index contributed by atoms with van der Waals surface area (Å²) in [6.45, 7) is 11.4. The van der Waals surface area contributed by atoms with Gasteiger partial charge in [-0.2, -0.15) is 0 Å². The fourth-order valence-corrected chi connectivity index (χ4v) is 1.99. The minimum Gasteiger partial charge on any atom is -0.387 e. The number of aryl methyl sites for hydroxylation is 1. The first-order valence-electron chi connectivity index (χ1n) is 6.50. The summed E-state index contributed by atoms with van der Waals surface area (Å²) in [5, 5.41) is 10.2. The van der Waals surface area contributed by atoms with Crippen molar-refractivity contribution in [1.29, 1.82) is 0 Å². The van der Waals surface area contributed by atoms with Crippen molar-refractivity contribution in [2.24, 2.45) is 5.92 Å². The third-order valence-electron chi connectivity index (χ3n) is 2.96. The van der Waals surface area contributed by atoms with Gasteiger partial charge in [0.1, 0.15) is 0 Å². The molecule has 0 saturated heterocycles. The van der Waals surface area contributed by atoms with E-state index in [-0.39, 0.29) is 6.10 Å². The van der Waals surface area contributed by atoms with E-state index < -0.39 is 0 Å². The number of nitrogens with zero attached hydrogens (tertiary/aromatic N) is 1. The van der Waals surface area contributed by atoms with Crippen LogP contribution in [0.25, 0.3) is 0 Å². The average molecular weight is 235 g/mol. The van der Waals surface area contributed by atoms with Crippen LogP contribution in [0.4, 0.5) is 0 Å². The molecule has 0 aliphatic rings. The van der Waals surface area contributed by atoms with Crippen LogP contribution < -0.4 is 0 Å². The third kappa shape index (κ3) is 4.88. The summed E-state index contributed by atoms with van der Waals surface area (Å²) in [6, 6.07) is 8.14. The maximum Gasteiger partial charge on any atom is 0.0916 e. The maximum absolute atomic E-state index is 10.2. The van der Waals surface area contributed by atoms with Crippen LogP contribution in [-0.2, 0) is 0 Å². The van der Waals surface area contributed by atoms with Crippen molar-refractivity contribution in [3.05, 3.63) is 35.4 Å². The highest BCUT2D eigenvalue weighted by Crippen LogP contribution is 2.15. The molecule has 0 aromatic heterocycles. The highest BCUT2D eigenvalue weighted by Gasteiger charge is 2.13. The summed E-state index contributed by atoms with van der Waals surface area (Å²) < 4.78 is 0. The van der Waals surface area contributed by atoms with Gasteiger partial charge in [-0.05, 0) is 24.9 Å². The third-order valence-corrected chi connectivity index (χ3v) is 2.96. The zero-order chi connectivity index (χ0) is 12.8. The molecule has 2 nitrogen and oxygen atoms in total. The number of likely N-dealkylation sites (N-methyl/N-ethyl adjacent to an activating group) is 1. The molecule has 17 heavy (non-hydrogen) atoms. The first-order valence-corrected chi connectivity index (χ1v) is 6.50. The Labute approximate surface area is 105 Å². The van der Waals surface area contributed by atoms with Crippen molar-refractivity contribution < 1.29 is 5.11 Å². The SMILES string of the molecule is CCN(CC(C)C)CC(O)c1ccc(C)cc1. The molecule has 1 unspecified atom stereocenters. The second kappa shape index (κ2) is 6.77. The average Bonchev–Trinajstić information content (AvgIpc) is 2.28. The molecular weight excluding hydrogens is 210 g/mol. The predicted octanol–water partition coefficient (Wildman–Crippen LogP) is 3.01. The monoisotopic (exact) mass is 235 g/mol. The number of aliphatic hydroxyl groups is 1. The van der Waals surface area contributed by atoms with E-state index in [1.807, 2.05) is 12.1 Å². The number of rotatable bonds is 6. The summed E-state index contributed by atoms with van der Waals surface area (Å²) in [6.07, 6.45) is -0.380. The molecule has 0 aliphatic carbocycles. The minimum atomic E-state index is -0.380. The smallest absolute Gasteiger partial charge is 0.0916 e. The molecule has 2 heteroatoms. The Morgan fingerprint density at radius 1 is 1.12 bits per heavy atom. The molecule has 0 heterocycles. The first-order chi connectivity index (χ1) is 8.02. The van der Waals surface area contributed by atoms with E-state index >= 15 is 0 Å². The quantitative estimate of drug-likeness (QED) is 0.819. The number of hydrogen-bond donors (Lipinski definition) is 1. The van der Waals surface area contributed by atoms with Gasteiger partial charge in [0.15, 0.2) is 0 Å². The fraction of sp³-hybridized carbons (Fsp3) is 0.600. The Morgan fingerprint density at radius 2 is 1.71 bits per heavy atom. The summed E-state index contributed by atoms with van der Waals surface area (Å²) in [5.41, 5.74) is 2.24. The largest absolute Gasteiger partial charge is 0.387 e. The van der Waals surface area contributed by atoms with Crippen molar-refractivity contribution in [2.75, 3.05) is 19.6 Å². The molecule has 96 valence electrons. The maximum atomic E-state index is 10.2. The van der Waals surface area contributed by atoms with Gasteiger partial charge in [-0.3, -0.25) is 0 Å². The van der Waals surface area contributed by atoms with E-state index in [9.17, 15) is 5.11 Å². The molecule has 0 saturated carbocycles. The van der Waals surface area contributed by atoms with Gasteiger partial charge >= 0.3 is 0 Å². The molecule has 1 aromatic carbocycles. The fourth-order valence-electron chi connectivity index (χ4n) is 1.99. The van der Waals surface area contributed by atoms with Gasteiger partial charge in [-0.25, -0.2) is 0 Å². The van der Waals surface area contributed by atoms with Gasteiger partial charge in [0.05, 0.1) is 6.10 Å². The van der Waals surface area contributed by atoms with Crippen LogP contribution in [0.5, 0.6) is 0 Å². The van der Waals surface area contributed by atoms with Crippen LogP contribution in [0.2, 0.25) is 0 Å². The lowest BCUT2D eigenvalue weighted by Gasteiger charge is -2.25. The molecule has 1 aromatic rings. The number of hydrogen-bond acceptors (Lipinski definition) is 2. The minimum absolute atomic E-state index is 0.380. The Bertz CT molecular complexity index is 318. The standard InChI is InChI=1S/C15H25NO/c1-5-16(10-12(2)3)11-15(17)14-8-6-13(4)7-9-14/h6-9,12,15,17H,5,10-11H2,1-4H3. The highest BCUT2D eigenvalue weighted by atomic mass is 16.3. The number of aliphatic hydroxyl groups excluding tert-OH is 1. The second-order valence-electron chi connectivity index (χ2n) is 5.17. The molecule has 0 fully saturated rings. The Balaban J connectivity index is 2.57. The lowest BCUT2D eigenvalue weighted by atomic mass is 10.1. The van der Waals surface area contributed by atoms with Gasteiger partial charge in [0, 0.05) is 13.1 Å². The summed E-state index contributed by atoms with van der Waals surface area (Å²) in [5.74, 6) is 0.639. The molecule has 1 atom stereocenters. The topological polar surface area (TPSA) is 23.5 Å². The Morgan fingerprint density at radius 3 is 2.18 bits per heavy atom. The molecular formula is C15H25NO. The van der Waals surface area contributed by atoms with Gasteiger partial charge < -0.3 is 10.0 Å². The summed E-state index contributed by atoms with van der Waals surface area (Å²) in [4.78, 5) is 2.30. The van der Waals surface area contributed by atoms with Crippen LogP contribution in [0.3, 0.4) is 0 Å².